The van der Waals surface area contributed by atoms with Gasteiger partial charge in [-0.1, -0.05) is 166 Å². The van der Waals surface area contributed by atoms with Gasteiger partial charge in [-0.3, -0.25) is 0 Å². The number of anilines is 3. The highest BCUT2D eigenvalue weighted by Gasteiger charge is 2.18. The monoisotopic (exact) mass is 800 g/mol. The smallest absolute Gasteiger partial charge is 0.0547 e. The molecule has 2 heterocycles. The van der Waals surface area contributed by atoms with Gasteiger partial charge in [0.05, 0.1) is 11.0 Å². The van der Waals surface area contributed by atoms with Gasteiger partial charge in [0.25, 0.3) is 0 Å². The van der Waals surface area contributed by atoms with E-state index in [4.69, 9.17) is 0 Å². The fourth-order valence-corrected chi connectivity index (χ4v) is 10.1. The van der Waals surface area contributed by atoms with Gasteiger partial charge in [-0.05, 0) is 111 Å². The first-order valence-corrected chi connectivity index (χ1v) is 21.9. The molecule has 2 nitrogen and oxygen atoms in total. The predicted molar refractivity (Wildman–Crippen MR) is 263 cm³/mol. The van der Waals surface area contributed by atoms with E-state index in [1.165, 1.54) is 80.9 Å². The third-order valence-electron chi connectivity index (χ3n) is 12.2. The van der Waals surface area contributed by atoms with Gasteiger partial charge >= 0.3 is 0 Å². The van der Waals surface area contributed by atoms with Crippen LogP contribution in [0.15, 0.2) is 212 Å². The molecule has 11 aromatic rings. The first-order chi connectivity index (χ1) is 29.9. The van der Waals surface area contributed by atoms with Crippen molar-refractivity contribution in [3.8, 4) is 39.1 Å². The second-order valence-corrected chi connectivity index (χ2v) is 18.1. The Morgan fingerprint density at radius 2 is 0.836 bits per heavy atom. The third kappa shape index (κ3) is 6.68. The van der Waals surface area contributed by atoms with Gasteiger partial charge in [0, 0.05) is 53.7 Å². The maximum absolute atomic E-state index is 2.42. The molecule has 0 spiro atoms. The summed E-state index contributed by atoms with van der Waals surface area (Å²) in [5.41, 5.74) is 15.6. The number of nitrogens with zero attached hydrogens (tertiary/aromatic N) is 2. The Morgan fingerprint density at radius 3 is 1.52 bits per heavy atom. The molecule has 3 heteroatoms. The van der Waals surface area contributed by atoms with Crippen LogP contribution in [-0.2, 0) is 5.41 Å². The van der Waals surface area contributed by atoms with Gasteiger partial charge in [-0.25, -0.2) is 0 Å². The van der Waals surface area contributed by atoms with Crippen LogP contribution in [0.5, 0.6) is 0 Å². The molecule has 0 fully saturated rings. The molecule has 0 amide bonds. The summed E-state index contributed by atoms with van der Waals surface area (Å²) in [7, 11) is 0. The van der Waals surface area contributed by atoms with Crippen molar-refractivity contribution in [1.82, 2.24) is 4.57 Å². The molecule has 292 valence electrons. The second-order valence-electron chi connectivity index (χ2n) is 17.0. The number of rotatable bonds is 7. The Morgan fingerprint density at radius 1 is 0.361 bits per heavy atom. The van der Waals surface area contributed by atoms with Crippen LogP contribution in [0.1, 0.15) is 26.3 Å². The Labute approximate surface area is 361 Å². The summed E-state index contributed by atoms with van der Waals surface area (Å²) in [6, 6.07) is 78.0. The SMILES string of the molecule is CC(C)(C)c1ccc(-c2ccc3c4ccccc4n(-c4ccc(N(c5ccc(-c6ccc(-c7ccccc7)cc6)cc5)c5ccc6c(c5)sc5ccccc56)cc4)c3c2)cc1. The minimum Gasteiger partial charge on any atom is -0.310 e. The standard InChI is InChI=1S/C58H44N2S/c1-58(2,3)45-26-21-43(22-27-45)44-25-35-51-50-13-7-9-15-54(50)60(55(51)37-44)48-32-30-47(31-33-48)59(49-34-36-53-52-14-8-10-16-56(52)61-57(53)38-49)46-28-23-42(24-29-46)41-19-17-40(18-20-41)39-11-5-4-6-12-39/h4-38H,1-3H3. The Kier molecular flexibility index (Phi) is 8.95. The minimum atomic E-state index is 0.112. The first-order valence-electron chi connectivity index (χ1n) is 21.1. The van der Waals surface area contributed by atoms with Crippen LogP contribution in [-0.4, -0.2) is 4.57 Å². The molecule has 0 N–H and O–H groups in total. The third-order valence-corrected chi connectivity index (χ3v) is 13.3. The van der Waals surface area contributed by atoms with Crippen LogP contribution < -0.4 is 4.90 Å². The topological polar surface area (TPSA) is 8.17 Å². The summed E-state index contributed by atoms with van der Waals surface area (Å²) in [5, 5.41) is 5.11. The normalized spacial score (nSPS) is 11.9. The molecular formula is C58H44N2S. The van der Waals surface area contributed by atoms with E-state index in [9.17, 15) is 0 Å². The Balaban J connectivity index is 0.995. The van der Waals surface area contributed by atoms with Gasteiger partial charge < -0.3 is 9.47 Å². The largest absolute Gasteiger partial charge is 0.310 e. The summed E-state index contributed by atoms with van der Waals surface area (Å²) >= 11 is 1.86. The van der Waals surface area contributed by atoms with Crippen molar-refractivity contribution in [2.24, 2.45) is 0 Å². The maximum atomic E-state index is 2.42. The van der Waals surface area contributed by atoms with E-state index in [0.717, 1.165) is 22.7 Å². The summed E-state index contributed by atoms with van der Waals surface area (Å²) < 4.78 is 5.02. The number of benzene rings is 9. The maximum Gasteiger partial charge on any atom is 0.0547 e. The van der Waals surface area contributed by atoms with Gasteiger partial charge in [-0.2, -0.15) is 0 Å². The lowest BCUT2D eigenvalue weighted by molar-refractivity contribution is 0.590. The molecule has 0 atom stereocenters. The average Bonchev–Trinajstić information content (AvgIpc) is 3.85. The van der Waals surface area contributed by atoms with E-state index in [1.54, 1.807) is 0 Å². The molecule has 2 aromatic heterocycles. The number of hydrogen-bond donors (Lipinski definition) is 0. The zero-order chi connectivity index (χ0) is 41.1. The number of aromatic nitrogens is 1. The van der Waals surface area contributed by atoms with E-state index in [-0.39, 0.29) is 5.41 Å². The van der Waals surface area contributed by atoms with E-state index in [1.807, 2.05) is 11.3 Å². The number of fused-ring (bicyclic) bond motifs is 6. The molecular weight excluding hydrogens is 757 g/mol. The lowest BCUT2D eigenvalue weighted by Gasteiger charge is -2.26. The summed E-state index contributed by atoms with van der Waals surface area (Å²) in [5.74, 6) is 0. The molecule has 0 bridgehead atoms. The highest BCUT2D eigenvalue weighted by molar-refractivity contribution is 7.25. The Bertz CT molecular complexity index is 3350. The zero-order valence-electron chi connectivity index (χ0n) is 34.5. The molecule has 0 aliphatic carbocycles. The second kappa shape index (κ2) is 14.8. The Hall–Kier alpha value is -7.20. The van der Waals surface area contributed by atoms with Crippen molar-refractivity contribution in [2.75, 3.05) is 4.90 Å². The zero-order valence-corrected chi connectivity index (χ0v) is 35.3. The van der Waals surface area contributed by atoms with Crippen molar-refractivity contribution in [3.05, 3.63) is 218 Å². The predicted octanol–water partition coefficient (Wildman–Crippen LogP) is 16.9. The highest BCUT2D eigenvalue weighted by atomic mass is 32.1. The van der Waals surface area contributed by atoms with Crippen molar-refractivity contribution < 1.29 is 0 Å². The van der Waals surface area contributed by atoms with Crippen LogP contribution in [0.4, 0.5) is 17.1 Å². The molecule has 0 saturated heterocycles. The van der Waals surface area contributed by atoms with Crippen molar-refractivity contribution in [1.29, 1.82) is 0 Å². The van der Waals surface area contributed by atoms with Crippen molar-refractivity contribution in [2.45, 2.75) is 26.2 Å². The highest BCUT2D eigenvalue weighted by Crippen LogP contribution is 2.42. The van der Waals surface area contributed by atoms with Crippen molar-refractivity contribution >= 4 is 70.4 Å². The molecule has 0 saturated carbocycles. The van der Waals surface area contributed by atoms with Crippen LogP contribution in [0.3, 0.4) is 0 Å². The molecule has 9 aromatic carbocycles. The van der Waals surface area contributed by atoms with Gasteiger partial charge in [0.1, 0.15) is 0 Å². The average molecular weight is 801 g/mol. The van der Waals surface area contributed by atoms with E-state index in [2.05, 4.69) is 243 Å². The van der Waals surface area contributed by atoms with E-state index in [0.29, 0.717) is 0 Å². The quantitative estimate of drug-likeness (QED) is 0.156. The molecule has 0 unspecified atom stereocenters. The molecule has 0 radical (unpaired) electrons. The fourth-order valence-electron chi connectivity index (χ4n) is 8.93. The summed E-state index contributed by atoms with van der Waals surface area (Å²) in [6.45, 7) is 6.80. The summed E-state index contributed by atoms with van der Waals surface area (Å²) in [4.78, 5) is 2.39. The van der Waals surface area contributed by atoms with Crippen LogP contribution in [0.25, 0.3) is 81.0 Å². The number of hydrogen-bond acceptors (Lipinski definition) is 2. The molecule has 0 aliphatic rings. The van der Waals surface area contributed by atoms with Gasteiger partial charge in [-0.15, -0.1) is 11.3 Å². The lowest BCUT2D eigenvalue weighted by atomic mass is 9.86. The minimum absolute atomic E-state index is 0.112. The van der Waals surface area contributed by atoms with Crippen LogP contribution in [0, 0.1) is 0 Å². The molecule has 11 rings (SSSR count). The van der Waals surface area contributed by atoms with Gasteiger partial charge in [0.2, 0.25) is 0 Å². The van der Waals surface area contributed by atoms with Crippen molar-refractivity contribution in [3.63, 3.8) is 0 Å². The fraction of sp³-hybridized carbons (Fsp3) is 0.0690. The summed E-state index contributed by atoms with van der Waals surface area (Å²) in [6.07, 6.45) is 0. The van der Waals surface area contributed by atoms with Crippen LogP contribution >= 0.6 is 11.3 Å². The number of thiophene rings is 1. The van der Waals surface area contributed by atoms with E-state index >= 15 is 0 Å². The lowest BCUT2D eigenvalue weighted by Crippen LogP contribution is -2.10. The molecule has 0 aliphatic heterocycles. The first kappa shape index (κ1) is 36.8. The van der Waals surface area contributed by atoms with Gasteiger partial charge in [0.15, 0.2) is 0 Å². The molecule has 61 heavy (non-hydrogen) atoms. The number of para-hydroxylation sites is 1. The van der Waals surface area contributed by atoms with E-state index < -0.39 is 0 Å². The van der Waals surface area contributed by atoms with Crippen LogP contribution in [0.2, 0.25) is 0 Å².